The Morgan fingerprint density at radius 3 is 1.38 bits per heavy atom. The van der Waals surface area contributed by atoms with Crippen molar-refractivity contribution in [3.8, 4) is 11.5 Å². The minimum Gasteiger partial charge on any atom is -0.491 e. The van der Waals surface area contributed by atoms with Crippen molar-refractivity contribution in [3.05, 3.63) is 64.1 Å². The standard InChI is InChI=1S/C18H18Cl2O4/c19-18(20)17(13-1-5-15(6-2-13)23-11-9-21)14-3-7-16(8-4-14)24-12-10-22/h1-8,21-22H,9-12H2. The summed E-state index contributed by atoms with van der Waals surface area (Å²) in [5.74, 6) is 1.32. The van der Waals surface area contributed by atoms with E-state index in [9.17, 15) is 0 Å². The van der Waals surface area contributed by atoms with E-state index in [1.54, 1.807) is 24.3 Å². The SMILES string of the molecule is OCCOc1ccc(C(=C(Cl)Cl)c2ccc(OCCO)cc2)cc1. The van der Waals surface area contributed by atoms with Crippen LogP contribution < -0.4 is 9.47 Å². The van der Waals surface area contributed by atoms with Gasteiger partial charge in [0, 0.05) is 5.57 Å². The molecule has 0 bridgehead atoms. The summed E-state index contributed by atoms with van der Waals surface area (Å²) in [6.07, 6.45) is 0. The van der Waals surface area contributed by atoms with Gasteiger partial charge in [0.2, 0.25) is 0 Å². The Hall–Kier alpha value is -1.72. The molecule has 0 saturated heterocycles. The smallest absolute Gasteiger partial charge is 0.119 e. The molecule has 0 amide bonds. The van der Waals surface area contributed by atoms with Crippen LogP contribution in [-0.2, 0) is 0 Å². The first-order valence-electron chi connectivity index (χ1n) is 7.39. The van der Waals surface area contributed by atoms with Gasteiger partial charge in [0.05, 0.1) is 13.2 Å². The molecule has 2 N–H and O–H groups in total. The number of hydrogen-bond donors (Lipinski definition) is 2. The molecular formula is C18H18Cl2O4. The number of aliphatic hydroxyl groups is 2. The molecule has 0 atom stereocenters. The van der Waals surface area contributed by atoms with Crippen molar-refractivity contribution >= 4 is 28.8 Å². The van der Waals surface area contributed by atoms with Crippen LogP contribution in [0.3, 0.4) is 0 Å². The van der Waals surface area contributed by atoms with E-state index in [2.05, 4.69) is 0 Å². The third-order valence-corrected chi connectivity index (χ3v) is 3.57. The minimum atomic E-state index is -0.0366. The number of hydrogen-bond acceptors (Lipinski definition) is 4. The van der Waals surface area contributed by atoms with Crippen LogP contribution in [0.25, 0.3) is 5.57 Å². The van der Waals surface area contributed by atoms with Crippen molar-refractivity contribution in [2.24, 2.45) is 0 Å². The molecule has 128 valence electrons. The van der Waals surface area contributed by atoms with Gasteiger partial charge in [-0.1, -0.05) is 47.5 Å². The van der Waals surface area contributed by atoms with Crippen LogP contribution in [0.5, 0.6) is 11.5 Å². The van der Waals surface area contributed by atoms with E-state index in [-0.39, 0.29) is 30.9 Å². The third-order valence-electron chi connectivity index (χ3n) is 3.19. The molecule has 24 heavy (non-hydrogen) atoms. The predicted molar refractivity (Wildman–Crippen MR) is 95.8 cm³/mol. The Morgan fingerprint density at radius 2 is 1.08 bits per heavy atom. The maximum Gasteiger partial charge on any atom is 0.119 e. The molecule has 0 heterocycles. The molecule has 6 heteroatoms. The quantitative estimate of drug-likeness (QED) is 0.746. The van der Waals surface area contributed by atoms with Gasteiger partial charge >= 0.3 is 0 Å². The van der Waals surface area contributed by atoms with Crippen LogP contribution in [0.2, 0.25) is 0 Å². The molecule has 0 aromatic heterocycles. The largest absolute Gasteiger partial charge is 0.491 e. The molecule has 2 aromatic carbocycles. The van der Waals surface area contributed by atoms with Gasteiger partial charge in [-0.05, 0) is 35.4 Å². The Balaban J connectivity index is 2.22. The maximum absolute atomic E-state index is 8.78. The molecule has 2 aromatic rings. The first-order chi connectivity index (χ1) is 11.7. The molecule has 0 fully saturated rings. The molecule has 0 aliphatic heterocycles. The number of rotatable bonds is 8. The van der Waals surface area contributed by atoms with Crippen LogP contribution in [0, 0.1) is 0 Å². The summed E-state index contributed by atoms with van der Waals surface area (Å²) >= 11 is 12.2. The Bertz CT molecular complexity index is 609. The van der Waals surface area contributed by atoms with Crippen LogP contribution in [0.1, 0.15) is 11.1 Å². The van der Waals surface area contributed by atoms with Crippen molar-refractivity contribution < 1.29 is 19.7 Å². The highest BCUT2D eigenvalue weighted by Crippen LogP contribution is 2.32. The summed E-state index contributed by atoms with van der Waals surface area (Å²) in [5, 5.41) is 17.6. The van der Waals surface area contributed by atoms with E-state index in [0.717, 1.165) is 11.1 Å². The van der Waals surface area contributed by atoms with Crippen molar-refractivity contribution in [2.75, 3.05) is 26.4 Å². The van der Waals surface area contributed by atoms with Gasteiger partial charge in [-0.25, -0.2) is 0 Å². The fourth-order valence-corrected chi connectivity index (χ4v) is 2.58. The maximum atomic E-state index is 8.78. The van der Waals surface area contributed by atoms with E-state index in [4.69, 9.17) is 42.9 Å². The summed E-state index contributed by atoms with van der Waals surface area (Å²) in [4.78, 5) is 0. The van der Waals surface area contributed by atoms with E-state index in [0.29, 0.717) is 17.1 Å². The van der Waals surface area contributed by atoms with Crippen LogP contribution in [0.4, 0.5) is 0 Å². The zero-order valence-electron chi connectivity index (χ0n) is 12.9. The number of benzene rings is 2. The zero-order valence-corrected chi connectivity index (χ0v) is 14.4. The van der Waals surface area contributed by atoms with E-state index < -0.39 is 0 Å². The second-order valence-electron chi connectivity index (χ2n) is 4.83. The number of halogens is 2. The fraction of sp³-hybridized carbons (Fsp3) is 0.222. The first kappa shape index (κ1) is 18.6. The van der Waals surface area contributed by atoms with Crippen molar-refractivity contribution in [2.45, 2.75) is 0 Å². The highest BCUT2D eigenvalue weighted by molar-refractivity contribution is 6.59. The molecular weight excluding hydrogens is 351 g/mol. The Kier molecular flexibility index (Phi) is 7.40. The van der Waals surface area contributed by atoms with E-state index in [1.807, 2.05) is 24.3 Å². The number of aliphatic hydroxyl groups excluding tert-OH is 2. The van der Waals surface area contributed by atoms with Crippen molar-refractivity contribution in [1.82, 2.24) is 0 Å². The summed E-state index contributed by atoms with van der Waals surface area (Å²) in [6.45, 7) is 0.414. The van der Waals surface area contributed by atoms with Crippen molar-refractivity contribution in [3.63, 3.8) is 0 Å². The lowest BCUT2D eigenvalue weighted by atomic mass is 9.99. The lowest BCUT2D eigenvalue weighted by Gasteiger charge is -2.11. The Labute approximate surface area is 150 Å². The molecule has 0 radical (unpaired) electrons. The predicted octanol–water partition coefficient (Wildman–Crippen LogP) is 3.62. The van der Waals surface area contributed by atoms with Gasteiger partial charge in [0.15, 0.2) is 0 Å². The van der Waals surface area contributed by atoms with Gasteiger partial charge in [-0.15, -0.1) is 0 Å². The summed E-state index contributed by atoms with van der Waals surface area (Å²) < 4.78 is 10.8. The first-order valence-corrected chi connectivity index (χ1v) is 8.14. The molecule has 2 rings (SSSR count). The highest BCUT2D eigenvalue weighted by Gasteiger charge is 2.10. The topological polar surface area (TPSA) is 58.9 Å². The van der Waals surface area contributed by atoms with Gasteiger partial charge in [0.25, 0.3) is 0 Å². The van der Waals surface area contributed by atoms with Gasteiger partial charge < -0.3 is 19.7 Å². The fourth-order valence-electron chi connectivity index (χ4n) is 2.15. The van der Waals surface area contributed by atoms with Gasteiger partial charge in [0.1, 0.15) is 29.2 Å². The summed E-state index contributed by atoms with van der Waals surface area (Å²) in [5.41, 5.74) is 2.38. The lowest BCUT2D eigenvalue weighted by Crippen LogP contribution is -2.02. The summed E-state index contributed by atoms with van der Waals surface area (Å²) in [7, 11) is 0. The molecule has 0 saturated carbocycles. The van der Waals surface area contributed by atoms with E-state index >= 15 is 0 Å². The second kappa shape index (κ2) is 9.55. The average molecular weight is 369 g/mol. The minimum absolute atomic E-state index is 0.0366. The van der Waals surface area contributed by atoms with Gasteiger partial charge in [-0.3, -0.25) is 0 Å². The van der Waals surface area contributed by atoms with Gasteiger partial charge in [-0.2, -0.15) is 0 Å². The third kappa shape index (κ3) is 5.14. The average Bonchev–Trinajstić information content (AvgIpc) is 2.60. The molecule has 0 aliphatic rings. The van der Waals surface area contributed by atoms with Crippen LogP contribution in [-0.4, -0.2) is 36.6 Å². The number of ether oxygens (including phenoxy) is 2. The normalized spacial score (nSPS) is 10.3. The van der Waals surface area contributed by atoms with E-state index in [1.165, 1.54) is 0 Å². The molecule has 0 unspecified atom stereocenters. The summed E-state index contributed by atoms with van der Waals surface area (Å²) in [6, 6.07) is 14.6. The lowest BCUT2D eigenvalue weighted by molar-refractivity contribution is 0.201. The molecule has 0 aliphatic carbocycles. The second-order valence-corrected chi connectivity index (χ2v) is 5.78. The zero-order chi connectivity index (χ0) is 17.4. The van der Waals surface area contributed by atoms with Crippen LogP contribution >= 0.6 is 23.2 Å². The van der Waals surface area contributed by atoms with Crippen molar-refractivity contribution in [1.29, 1.82) is 0 Å². The molecule has 4 nitrogen and oxygen atoms in total. The molecule has 0 spiro atoms. The highest BCUT2D eigenvalue weighted by atomic mass is 35.5. The monoisotopic (exact) mass is 368 g/mol. The Morgan fingerprint density at radius 1 is 0.708 bits per heavy atom. The van der Waals surface area contributed by atoms with Crippen LogP contribution in [0.15, 0.2) is 53.0 Å².